The highest BCUT2D eigenvalue weighted by molar-refractivity contribution is 5.99. The van der Waals surface area contributed by atoms with E-state index in [1.807, 2.05) is 20.8 Å². The number of urea groups is 1. The molecule has 0 fully saturated rings. The zero-order valence-electron chi connectivity index (χ0n) is 23.8. The van der Waals surface area contributed by atoms with Crippen molar-refractivity contribution in [2.75, 3.05) is 24.3 Å². The van der Waals surface area contributed by atoms with Crippen molar-refractivity contribution in [3.05, 3.63) is 89.6 Å². The number of carbonyl (C=O) groups excluding carboxylic acids is 3. The Morgan fingerprint density at radius 2 is 1.74 bits per heavy atom. The normalized spacial score (nSPS) is 11.0. The van der Waals surface area contributed by atoms with E-state index in [1.54, 1.807) is 37.3 Å². The van der Waals surface area contributed by atoms with Crippen molar-refractivity contribution >= 4 is 29.4 Å². The number of rotatable bonds is 8. The van der Waals surface area contributed by atoms with Gasteiger partial charge in [-0.25, -0.2) is 18.7 Å². The minimum Gasteiger partial charge on any atom is -0.462 e. The second kappa shape index (κ2) is 12.5. The van der Waals surface area contributed by atoms with Gasteiger partial charge in [0.1, 0.15) is 28.8 Å². The van der Waals surface area contributed by atoms with E-state index in [0.717, 1.165) is 6.07 Å². The summed E-state index contributed by atoms with van der Waals surface area (Å²) in [6.45, 7) is 7.88. The fraction of sp³-hybridized carbons (Fsp3) is 0.233. The van der Waals surface area contributed by atoms with Crippen LogP contribution in [-0.4, -0.2) is 46.3 Å². The highest BCUT2D eigenvalue weighted by Crippen LogP contribution is 2.28. The molecule has 218 valence electrons. The smallest absolute Gasteiger partial charge is 0.338 e. The van der Waals surface area contributed by atoms with Gasteiger partial charge in [0.2, 0.25) is 0 Å². The number of halogens is 1. The quantitative estimate of drug-likeness (QED) is 0.231. The monoisotopic (exact) mass is 574 g/mol. The van der Waals surface area contributed by atoms with E-state index in [9.17, 15) is 18.8 Å². The fourth-order valence-corrected chi connectivity index (χ4v) is 3.81. The summed E-state index contributed by atoms with van der Waals surface area (Å²) in [4.78, 5) is 41.0. The summed E-state index contributed by atoms with van der Waals surface area (Å²) < 4.78 is 27.2. The largest absolute Gasteiger partial charge is 0.462 e. The second-order valence-corrected chi connectivity index (χ2v) is 10.1. The molecule has 3 amide bonds. The summed E-state index contributed by atoms with van der Waals surface area (Å²) >= 11 is 0. The van der Waals surface area contributed by atoms with E-state index < -0.39 is 17.8 Å². The first-order valence-corrected chi connectivity index (χ1v) is 13.1. The summed E-state index contributed by atoms with van der Waals surface area (Å²) in [7, 11) is 1.48. The summed E-state index contributed by atoms with van der Waals surface area (Å²) in [5.41, 5.74) is 1.24. The lowest BCUT2D eigenvalue weighted by Gasteiger charge is -2.14. The average Bonchev–Trinajstić information content (AvgIpc) is 3.39. The zero-order valence-corrected chi connectivity index (χ0v) is 23.8. The second-order valence-electron chi connectivity index (χ2n) is 10.1. The third kappa shape index (κ3) is 7.08. The first-order chi connectivity index (χ1) is 20.0. The van der Waals surface area contributed by atoms with Crippen molar-refractivity contribution in [3.63, 3.8) is 0 Å². The molecule has 0 saturated heterocycles. The van der Waals surface area contributed by atoms with Crippen LogP contribution >= 0.6 is 0 Å². The molecule has 4 aromatic rings. The number of amides is 3. The van der Waals surface area contributed by atoms with Crippen LogP contribution < -0.4 is 20.7 Å². The third-order valence-electron chi connectivity index (χ3n) is 5.94. The van der Waals surface area contributed by atoms with Gasteiger partial charge < -0.3 is 20.1 Å². The van der Waals surface area contributed by atoms with Crippen LogP contribution in [0.5, 0.6) is 11.5 Å². The molecular formula is C30H31FN6O5. The van der Waals surface area contributed by atoms with Crippen LogP contribution in [0.2, 0.25) is 0 Å². The summed E-state index contributed by atoms with van der Waals surface area (Å²) in [5, 5.41) is 12.3. The predicted octanol–water partition coefficient (Wildman–Crippen LogP) is 5.68. The number of carbonyl (C=O) groups is 3. The zero-order chi connectivity index (χ0) is 30.4. The van der Waals surface area contributed by atoms with Gasteiger partial charge in [0.05, 0.1) is 29.2 Å². The van der Waals surface area contributed by atoms with Crippen LogP contribution in [-0.2, 0) is 10.2 Å². The lowest BCUT2D eigenvalue weighted by molar-refractivity contribution is 0.0526. The van der Waals surface area contributed by atoms with Crippen molar-refractivity contribution in [1.29, 1.82) is 0 Å². The molecule has 4 rings (SSSR count). The van der Waals surface area contributed by atoms with Crippen LogP contribution in [0.3, 0.4) is 0 Å². The van der Waals surface area contributed by atoms with E-state index in [1.165, 1.54) is 42.2 Å². The van der Waals surface area contributed by atoms with Crippen molar-refractivity contribution in [3.8, 4) is 17.2 Å². The maximum Gasteiger partial charge on any atom is 0.338 e. The Balaban J connectivity index is 1.53. The van der Waals surface area contributed by atoms with Crippen LogP contribution in [0.25, 0.3) is 5.69 Å². The molecule has 0 unspecified atom stereocenters. The molecule has 2 aromatic carbocycles. The molecule has 0 aliphatic rings. The van der Waals surface area contributed by atoms with Gasteiger partial charge in [0, 0.05) is 36.9 Å². The number of nitrogens with zero attached hydrogens (tertiary/aromatic N) is 3. The number of hydrogen-bond donors (Lipinski definition) is 3. The molecular weight excluding hydrogens is 543 g/mol. The Labute approximate surface area is 242 Å². The van der Waals surface area contributed by atoms with Gasteiger partial charge in [-0.2, -0.15) is 5.10 Å². The lowest BCUT2D eigenvalue weighted by atomic mass is 9.92. The molecule has 0 aliphatic heterocycles. The van der Waals surface area contributed by atoms with Crippen molar-refractivity contribution < 1.29 is 28.2 Å². The summed E-state index contributed by atoms with van der Waals surface area (Å²) in [5.74, 6) is -0.857. The predicted molar refractivity (Wildman–Crippen MR) is 155 cm³/mol. The van der Waals surface area contributed by atoms with Crippen LogP contribution in [0, 0.1) is 5.82 Å². The number of aromatic nitrogens is 3. The van der Waals surface area contributed by atoms with E-state index >= 15 is 0 Å². The number of ether oxygens (including phenoxy) is 2. The third-order valence-corrected chi connectivity index (χ3v) is 5.94. The minimum atomic E-state index is -0.741. The molecule has 3 N–H and O–H groups in total. The van der Waals surface area contributed by atoms with Crippen molar-refractivity contribution in [2.24, 2.45) is 0 Å². The number of esters is 1. The maximum atomic E-state index is 14.9. The van der Waals surface area contributed by atoms with Gasteiger partial charge in [0.25, 0.3) is 5.91 Å². The first-order valence-electron chi connectivity index (χ1n) is 13.1. The lowest BCUT2D eigenvalue weighted by Crippen LogP contribution is -2.22. The standard InChI is InChI=1S/C30H31FN6O5/c1-6-41-28(39)18-8-7-9-19(14-18)37-26(17-25(36-37)30(2,3)4)35-29(40)34-23-11-10-20(15-22(23)31)42-21-12-13-33-24(16-21)27(38)32-5/h7-17H,6H2,1-5H3,(H,32,38)(H2,34,35,40). The minimum absolute atomic E-state index is 0.0907. The van der Waals surface area contributed by atoms with E-state index in [4.69, 9.17) is 9.47 Å². The van der Waals surface area contributed by atoms with Gasteiger partial charge in [-0.3, -0.25) is 15.1 Å². The Morgan fingerprint density at radius 1 is 0.976 bits per heavy atom. The highest BCUT2D eigenvalue weighted by atomic mass is 19.1. The Morgan fingerprint density at radius 3 is 2.43 bits per heavy atom. The molecule has 12 heteroatoms. The Bertz CT molecular complexity index is 1630. The van der Waals surface area contributed by atoms with Gasteiger partial charge in [-0.05, 0) is 43.3 Å². The van der Waals surface area contributed by atoms with Crippen molar-refractivity contribution in [2.45, 2.75) is 33.1 Å². The number of hydrogen-bond acceptors (Lipinski definition) is 7. The van der Waals surface area contributed by atoms with Crippen molar-refractivity contribution in [1.82, 2.24) is 20.1 Å². The molecule has 11 nitrogen and oxygen atoms in total. The average molecular weight is 575 g/mol. The molecule has 2 heterocycles. The fourth-order valence-electron chi connectivity index (χ4n) is 3.81. The first kappa shape index (κ1) is 29.7. The van der Waals surface area contributed by atoms with Gasteiger partial charge in [0.15, 0.2) is 0 Å². The Kier molecular flexibility index (Phi) is 8.84. The molecule has 2 aromatic heterocycles. The molecule has 42 heavy (non-hydrogen) atoms. The number of anilines is 2. The van der Waals surface area contributed by atoms with Gasteiger partial charge >= 0.3 is 12.0 Å². The van der Waals surface area contributed by atoms with E-state index in [-0.39, 0.29) is 40.8 Å². The molecule has 0 radical (unpaired) electrons. The van der Waals surface area contributed by atoms with E-state index in [0.29, 0.717) is 22.8 Å². The Hall–Kier alpha value is -5.26. The number of pyridine rings is 1. The number of nitrogens with one attached hydrogen (secondary N) is 3. The maximum absolute atomic E-state index is 14.9. The molecule has 0 atom stereocenters. The number of benzene rings is 2. The van der Waals surface area contributed by atoms with Gasteiger partial charge in [-0.1, -0.05) is 26.8 Å². The van der Waals surface area contributed by atoms with Gasteiger partial charge in [-0.15, -0.1) is 0 Å². The molecule has 0 aliphatic carbocycles. The molecule has 0 saturated carbocycles. The SMILES string of the molecule is CCOC(=O)c1cccc(-n2nc(C(C)(C)C)cc2NC(=O)Nc2ccc(Oc3ccnc(C(=O)NC)c3)cc2F)c1. The van der Waals surface area contributed by atoms with E-state index in [2.05, 4.69) is 26.0 Å². The molecule has 0 bridgehead atoms. The summed E-state index contributed by atoms with van der Waals surface area (Å²) in [6, 6.07) is 14.6. The van der Waals surface area contributed by atoms with Crippen LogP contribution in [0.4, 0.5) is 20.7 Å². The summed E-state index contributed by atoms with van der Waals surface area (Å²) in [6.07, 6.45) is 1.40. The van der Waals surface area contributed by atoms with Crippen LogP contribution in [0.15, 0.2) is 66.9 Å². The van der Waals surface area contributed by atoms with Crippen LogP contribution in [0.1, 0.15) is 54.2 Å². The molecule has 0 spiro atoms. The highest BCUT2D eigenvalue weighted by Gasteiger charge is 2.22. The topological polar surface area (TPSA) is 136 Å².